The van der Waals surface area contributed by atoms with Crippen LogP contribution in [-0.4, -0.2) is 29.2 Å². The van der Waals surface area contributed by atoms with Gasteiger partial charge in [0.05, 0.1) is 41.2 Å². The molecule has 8 heteroatoms. The maximum atomic E-state index is 6.49. The number of aromatic nitrogens is 3. The Balaban J connectivity index is 2.35. The third kappa shape index (κ3) is 3.03. The molecule has 0 saturated carbocycles. The van der Waals surface area contributed by atoms with Crippen molar-refractivity contribution in [3.63, 3.8) is 0 Å². The molecule has 0 saturated heterocycles. The summed E-state index contributed by atoms with van der Waals surface area (Å²) in [4.78, 5) is 13.0. The van der Waals surface area contributed by atoms with E-state index in [2.05, 4.69) is 15.0 Å². The average Bonchev–Trinajstić information content (AvgIpc) is 2.61. The van der Waals surface area contributed by atoms with Crippen LogP contribution in [0.15, 0.2) is 18.3 Å². The largest absolute Gasteiger partial charge is 0.495 e. The van der Waals surface area contributed by atoms with Crippen molar-refractivity contribution in [3.05, 3.63) is 34.1 Å². The van der Waals surface area contributed by atoms with Gasteiger partial charge in [-0.25, -0.2) is 9.97 Å². The molecule has 0 radical (unpaired) electrons. The van der Waals surface area contributed by atoms with E-state index in [1.807, 2.05) is 13.0 Å². The number of nitrogens with zero attached hydrogens (tertiary/aromatic N) is 3. The van der Waals surface area contributed by atoms with Gasteiger partial charge < -0.3 is 15.2 Å². The average molecular weight is 379 g/mol. The number of aryl methyl sites for hydroxylation is 1. The normalized spacial score (nSPS) is 10.9. The molecule has 0 aliphatic heterocycles. The molecule has 0 bridgehead atoms. The number of pyridine rings is 1. The van der Waals surface area contributed by atoms with E-state index in [4.69, 9.17) is 38.4 Å². The molecule has 0 amide bonds. The molecule has 25 heavy (non-hydrogen) atoms. The highest BCUT2D eigenvalue weighted by molar-refractivity contribution is 6.41. The lowest BCUT2D eigenvalue weighted by molar-refractivity contribution is 0.395. The van der Waals surface area contributed by atoms with Crippen LogP contribution in [0, 0.1) is 0 Å². The maximum absolute atomic E-state index is 6.49. The van der Waals surface area contributed by atoms with Gasteiger partial charge in [0.15, 0.2) is 0 Å². The van der Waals surface area contributed by atoms with Crippen LogP contribution in [-0.2, 0) is 6.42 Å². The first kappa shape index (κ1) is 17.5. The number of fused-ring (bicyclic) bond motifs is 1. The zero-order valence-electron chi connectivity index (χ0n) is 13.9. The standard InChI is InChI=1S/C17H16Cl2N4O2/c1-4-9-16-8(7-21-17(20)23-16)5-10(22-9)13-14(18)11(24-2)6-12(25-3)15(13)19/h5-7H,4H2,1-3H3,(H2,20,21,23). The maximum Gasteiger partial charge on any atom is 0.220 e. The van der Waals surface area contributed by atoms with E-state index in [-0.39, 0.29) is 5.95 Å². The van der Waals surface area contributed by atoms with Crippen LogP contribution in [0.1, 0.15) is 12.6 Å². The van der Waals surface area contributed by atoms with Gasteiger partial charge in [-0.3, -0.25) is 4.98 Å². The topological polar surface area (TPSA) is 83.2 Å². The first-order valence-electron chi connectivity index (χ1n) is 7.52. The smallest absolute Gasteiger partial charge is 0.220 e. The van der Waals surface area contributed by atoms with Crippen LogP contribution in [0.3, 0.4) is 0 Å². The minimum atomic E-state index is 0.205. The first-order valence-corrected chi connectivity index (χ1v) is 8.28. The Hall–Kier alpha value is -2.31. The second-order valence-corrected chi connectivity index (χ2v) is 6.01. The van der Waals surface area contributed by atoms with Crippen molar-refractivity contribution in [2.45, 2.75) is 13.3 Å². The van der Waals surface area contributed by atoms with Crippen LogP contribution in [0.2, 0.25) is 10.0 Å². The summed E-state index contributed by atoms with van der Waals surface area (Å²) in [6.45, 7) is 1.99. The van der Waals surface area contributed by atoms with Crippen molar-refractivity contribution in [2.75, 3.05) is 20.0 Å². The molecule has 2 aromatic heterocycles. The van der Waals surface area contributed by atoms with E-state index < -0.39 is 0 Å². The SMILES string of the molecule is CCc1nc(-c2c(Cl)c(OC)cc(OC)c2Cl)cc2cnc(N)nc12. The number of rotatable bonds is 4. The number of benzene rings is 1. The molecule has 0 fully saturated rings. The minimum Gasteiger partial charge on any atom is -0.495 e. The van der Waals surface area contributed by atoms with Crippen molar-refractivity contribution >= 4 is 40.1 Å². The lowest BCUT2D eigenvalue weighted by Crippen LogP contribution is -2.01. The van der Waals surface area contributed by atoms with Gasteiger partial charge in [-0.2, -0.15) is 0 Å². The van der Waals surface area contributed by atoms with E-state index in [0.717, 1.165) is 11.1 Å². The quantitative estimate of drug-likeness (QED) is 0.733. The number of ether oxygens (including phenoxy) is 2. The summed E-state index contributed by atoms with van der Waals surface area (Å²) >= 11 is 13.0. The number of methoxy groups -OCH3 is 2. The molecule has 0 atom stereocenters. The zero-order valence-corrected chi connectivity index (χ0v) is 15.4. The summed E-state index contributed by atoms with van der Waals surface area (Å²) in [5, 5.41) is 1.52. The fraction of sp³-hybridized carbons (Fsp3) is 0.235. The molecular weight excluding hydrogens is 363 g/mol. The van der Waals surface area contributed by atoms with E-state index in [0.29, 0.717) is 44.7 Å². The Morgan fingerprint density at radius 1 is 1.04 bits per heavy atom. The van der Waals surface area contributed by atoms with Gasteiger partial charge in [0.2, 0.25) is 5.95 Å². The summed E-state index contributed by atoms with van der Waals surface area (Å²) < 4.78 is 10.6. The molecule has 130 valence electrons. The van der Waals surface area contributed by atoms with Gasteiger partial charge >= 0.3 is 0 Å². The third-order valence-corrected chi connectivity index (χ3v) is 4.57. The molecule has 6 nitrogen and oxygen atoms in total. The van der Waals surface area contributed by atoms with Crippen molar-refractivity contribution in [3.8, 4) is 22.8 Å². The van der Waals surface area contributed by atoms with Gasteiger partial charge in [-0.1, -0.05) is 30.1 Å². The molecule has 2 heterocycles. The first-order chi connectivity index (χ1) is 12.0. The second-order valence-electron chi connectivity index (χ2n) is 5.26. The highest BCUT2D eigenvalue weighted by atomic mass is 35.5. The number of nitrogen functional groups attached to an aromatic ring is 1. The van der Waals surface area contributed by atoms with E-state index in [9.17, 15) is 0 Å². The molecule has 0 spiro atoms. The van der Waals surface area contributed by atoms with Crippen molar-refractivity contribution in [1.82, 2.24) is 15.0 Å². The molecular formula is C17H16Cl2N4O2. The molecule has 3 aromatic rings. The third-order valence-electron chi connectivity index (χ3n) is 3.82. The summed E-state index contributed by atoms with van der Waals surface area (Å²) in [5.74, 6) is 1.11. The molecule has 2 N–H and O–H groups in total. The van der Waals surface area contributed by atoms with E-state index >= 15 is 0 Å². The second kappa shape index (κ2) is 6.90. The van der Waals surface area contributed by atoms with Crippen molar-refractivity contribution in [1.29, 1.82) is 0 Å². The summed E-state index contributed by atoms with van der Waals surface area (Å²) in [5.41, 5.74) is 8.30. The van der Waals surface area contributed by atoms with Gasteiger partial charge in [0, 0.05) is 23.2 Å². The fourth-order valence-electron chi connectivity index (χ4n) is 2.60. The molecule has 0 aliphatic carbocycles. The lowest BCUT2D eigenvalue weighted by Gasteiger charge is -2.15. The molecule has 0 unspecified atom stereocenters. The fourth-order valence-corrected chi connectivity index (χ4v) is 3.30. The molecule has 3 rings (SSSR count). The minimum absolute atomic E-state index is 0.205. The Bertz CT molecular complexity index is 935. The van der Waals surface area contributed by atoms with Crippen LogP contribution in [0.5, 0.6) is 11.5 Å². The lowest BCUT2D eigenvalue weighted by atomic mass is 10.1. The highest BCUT2D eigenvalue weighted by Gasteiger charge is 2.21. The highest BCUT2D eigenvalue weighted by Crippen LogP contribution is 2.45. The number of anilines is 1. The number of hydrogen-bond donors (Lipinski definition) is 1. The van der Waals surface area contributed by atoms with Crippen LogP contribution < -0.4 is 15.2 Å². The van der Waals surface area contributed by atoms with Crippen molar-refractivity contribution < 1.29 is 9.47 Å². The Morgan fingerprint density at radius 3 is 2.24 bits per heavy atom. The number of halogens is 2. The van der Waals surface area contributed by atoms with E-state index in [1.54, 1.807) is 12.3 Å². The van der Waals surface area contributed by atoms with Gasteiger partial charge in [0.1, 0.15) is 11.5 Å². The van der Waals surface area contributed by atoms with Gasteiger partial charge in [-0.15, -0.1) is 0 Å². The predicted octanol–water partition coefficient (Wildman–Crippen LogP) is 4.16. The molecule has 1 aromatic carbocycles. The summed E-state index contributed by atoms with van der Waals surface area (Å²) in [6.07, 6.45) is 2.32. The van der Waals surface area contributed by atoms with Crippen LogP contribution in [0.25, 0.3) is 22.2 Å². The predicted molar refractivity (Wildman–Crippen MR) is 99.7 cm³/mol. The summed E-state index contributed by atoms with van der Waals surface area (Å²) in [7, 11) is 3.06. The molecule has 0 aliphatic rings. The van der Waals surface area contributed by atoms with E-state index in [1.165, 1.54) is 14.2 Å². The summed E-state index contributed by atoms with van der Waals surface area (Å²) in [6, 6.07) is 3.46. The van der Waals surface area contributed by atoms with Crippen LogP contribution in [0.4, 0.5) is 5.95 Å². The Labute approximate surface area is 154 Å². The number of hydrogen-bond acceptors (Lipinski definition) is 6. The van der Waals surface area contributed by atoms with Crippen LogP contribution >= 0.6 is 23.2 Å². The van der Waals surface area contributed by atoms with Gasteiger partial charge in [-0.05, 0) is 12.5 Å². The Morgan fingerprint density at radius 2 is 1.68 bits per heavy atom. The number of nitrogens with two attached hydrogens (primary N) is 1. The van der Waals surface area contributed by atoms with Crippen molar-refractivity contribution in [2.24, 2.45) is 0 Å². The Kier molecular flexibility index (Phi) is 4.83. The zero-order chi connectivity index (χ0) is 18.1. The monoisotopic (exact) mass is 378 g/mol. The van der Waals surface area contributed by atoms with Gasteiger partial charge in [0.25, 0.3) is 0 Å².